The third kappa shape index (κ3) is 4.29. The Morgan fingerprint density at radius 1 is 1.33 bits per heavy atom. The van der Waals surface area contributed by atoms with Crippen LogP contribution in [0.5, 0.6) is 5.75 Å². The Hall–Kier alpha value is -2.40. The number of aromatic hydroxyl groups is 1. The number of nitrogens with zero attached hydrogens (tertiary/aromatic N) is 1. The van der Waals surface area contributed by atoms with Gasteiger partial charge in [-0.3, -0.25) is 9.78 Å². The minimum atomic E-state index is -0.626. The maximum absolute atomic E-state index is 12.0. The second kappa shape index (κ2) is 6.85. The minimum absolute atomic E-state index is 0.197. The van der Waals surface area contributed by atoms with Crippen LogP contribution in [-0.2, 0) is 17.8 Å². The van der Waals surface area contributed by atoms with Gasteiger partial charge in [0.25, 0.3) is 0 Å². The fourth-order valence-electron chi connectivity index (χ4n) is 1.98. The molecule has 5 heteroatoms. The summed E-state index contributed by atoms with van der Waals surface area (Å²) in [7, 11) is 0. The highest BCUT2D eigenvalue weighted by Gasteiger charge is 2.14. The third-order valence-corrected chi connectivity index (χ3v) is 3.28. The topological polar surface area (TPSA) is 88.2 Å². The molecule has 0 saturated heterocycles. The van der Waals surface area contributed by atoms with Gasteiger partial charge in [0.1, 0.15) is 5.75 Å². The first-order chi connectivity index (χ1) is 10.1. The molecule has 1 aromatic carbocycles. The molecule has 0 spiro atoms. The second-order valence-electron chi connectivity index (χ2n) is 4.96. The lowest BCUT2D eigenvalue weighted by molar-refractivity contribution is -0.122. The molecule has 0 radical (unpaired) electrons. The van der Waals surface area contributed by atoms with Crippen LogP contribution < -0.4 is 11.1 Å². The van der Waals surface area contributed by atoms with Gasteiger partial charge in [-0.25, -0.2) is 0 Å². The maximum atomic E-state index is 12.0. The molecule has 0 bridgehead atoms. The van der Waals surface area contributed by atoms with E-state index in [9.17, 15) is 9.90 Å². The maximum Gasteiger partial charge on any atom is 0.237 e. The summed E-state index contributed by atoms with van der Waals surface area (Å²) in [6.07, 6.45) is 2.12. The number of benzene rings is 1. The van der Waals surface area contributed by atoms with Crippen molar-refractivity contribution in [1.29, 1.82) is 0 Å². The number of carbonyl (C=O) groups excluding carboxylic acids is 1. The van der Waals surface area contributed by atoms with Crippen LogP contribution in [0.3, 0.4) is 0 Å². The van der Waals surface area contributed by atoms with E-state index >= 15 is 0 Å². The van der Waals surface area contributed by atoms with Gasteiger partial charge in [-0.2, -0.15) is 0 Å². The summed E-state index contributed by atoms with van der Waals surface area (Å²) < 4.78 is 0. The summed E-state index contributed by atoms with van der Waals surface area (Å²) >= 11 is 0. The molecule has 0 saturated carbocycles. The number of nitrogens with two attached hydrogens (primary N) is 1. The van der Waals surface area contributed by atoms with E-state index in [1.807, 2.05) is 19.1 Å². The summed E-state index contributed by atoms with van der Waals surface area (Å²) in [5.41, 5.74) is 8.67. The number of nitrogens with one attached hydrogen (secondary N) is 1. The fraction of sp³-hybridized carbons (Fsp3) is 0.250. The summed E-state index contributed by atoms with van der Waals surface area (Å²) in [6.45, 7) is 2.32. The smallest absolute Gasteiger partial charge is 0.237 e. The molecular weight excluding hydrogens is 266 g/mol. The van der Waals surface area contributed by atoms with Gasteiger partial charge >= 0.3 is 0 Å². The van der Waals surface area contributed by atoms with Crippen molar-refractivity contribution in [2.75, 3.05) is 0 Å². The molecule has 2 rings (SSSR count). The standard InChI is InChI=1S/C16H19N3O2/c1-11-3-2-8-18-15(11)10-19-16(21)14(17)9-12-4-6-13(20)7-5-12/h2-8,14,20H,9-10,17H2,1H3,(H,19,21)/t14-/m1/s1. The zero-order chi connectivity index (χ0) is 15.2. The molecule has 1 aromatic heterocycles. The van der Waals surface area contributed by atoms with E-state index in [1.165, 1.54) is 0 Å². The molecule has 0 unspecified atom stereocenters. The van der Waals surface area contributed by atoms with E-state index in [1.54, 1.807) is 30.5 Å². The predicted octanol–water partition coefficient (Wildman–Crippen LogP) is 1.28. The summed E-state index contributed by atoms with van der Waals surface area (Å²) in [4.78, 5) is 16.2. The van der Waals surface area contributed by atoms with Crippen LogP contribution in [0.1, 0.15) is 16.8 Å². The molecule has 1 atom stereocenters. The lowest BCUT2D eigenvalue weighted by Crippen LogP contribution is -2.41. The van der Waals surface area contributed by atoms with Gasteiger partial charge in [-0.1, -0.05) is 18.2 Å². The number of carbonyl (C=O) groups is 1. The SMILES string of the molecule is Cc1cccnc1CNC(=O)[C@H](N)Cc1ccc(O)cc1. The van der Waals surface area contributed by atoms with Gasteiger partial charge in [0.05, 0.1) is 18.3 Å². The molecule has 4 N–H and O–H groups in total. The predicted molar refractivity (Wildman–Crippen MR) is 80.6 cm³/mol. The van der Waals surface area contributed by atoms with Gasteiger partial charge in [-0.15, -0.1) is 0 Å². The Balaban J connectivity index is 1.88. The van der Waals surface area contributed by atoms with E-state index in [4.69, 9.17) is 5.73 Å². The van der Waals surface area contributed by atoms with Crippen molar-refractivity contribution >= 4 is 5.91 Å². The normalized spacial score (nSPS) is 11.9. The molecule has 0 fully saturated rings. The van der Waals surface area contributed by atoms with Crippen LogP contribution in [0.15, 0.2) is 42.6 Å². The molecular formula is C16H19N3O2. The second-order valence-corrected chi connectivity index (χ2v) is 4.96. The lowest BCUT2D eigenvalue weighted by atomic mass is 10.1. The minimum Gasteiger partial charge on any atom is -0.508 e. The monoisotopic (exact) mass is 285 g/mol. The van der Waals surface area contributed by atoms with Crippen molar-refractivity contribution < 1.29 is 9.90 Å². The molecule has 1 amide bonds. The zero-order valence-electron chi connectivity index (χ0n) is 11.9. The molecule has 0 aliphatic carbocycles. The number of phenolic OH excluding ortho intramolecular Hbond substituents is 1. The number of rotatable bonds is 5. The molecule has 1 heterocycles. The third-order valence-electron chi connectivity index (χ3n) is 3.28. The highest BCUT2D eigenvalue weighted by molar-refractivity contribution is 5.81. The molecule has 0 aliphatic rings. The first-order valence-corrected chi connectivity index (χ1v) is 6.78. The van der Waals surface area contributed by atoms with E-state index in [0.717, 1.165) is 16.8 Å². The summed E-state index contributed by atoms with van der Waals surface area (Å²) in [5.74, 6) is -0.0180. The zero-order valence-corrected chi connectivity index (χ0v) is 11.9. The van der Waals surface area contributed by atoms with Gasteiger partial charge in [0.15, 0.2) is 0 Å². The van der Waals surface area contributed by atoms with Crippen LogP contribution in [0, 0.1) is 6.92 Å². The Morgan fingerprint density at radius 3 is 2.71 bits per heavy atom. The Bertz CT molecular complexity index is 611. The highest BCUT2D eigenvalue weighted by Crippen LogP contribution is 2.11. The first-order valence-electron chi connectivity index (χ1n) is 6.78. The number of hydrogen-bond donors (Lipinski definition) is 3. The molecule has 0 aliphatic heterocycles. The summed E-state index contributed by atoms with van der Waals surface area (Å²) in [6, 6.07) is 9.85. The number of pyridine rings is 1. The molecule has 21 heavy (non-hydrogen) atoms. The van der Waals surface area contributed by atoms with Gasteiger partial charge < -0.3 is 16.2 Å². The lowest BCUT2D eigenvalue weighted by Gasteiger charge is -2.13. The van der Waals surface area contributed by atoms with Gasteiger partial charge in [0, 0.05) is 6.20 Å². The average Bonchev–Trinajstić information content (AvgIpc) is 2.48. The van der Waals surface area contributed by atoms with Crippen LogP contribution in [-0.4, -0.2) is 22.0 Å². The van der Waals surface area contributed by atoms with Crippen molar-refractivity contribution in [3.05, 3.63) is 59.4 Å². The van der Waals surface area contributed by atoms with Crippen LogP contribution in [0.2, 0.25) is 0 Å². The Kier molecular flexibility index (Phi) is 4.90. The van der Waals surface area contributed by atoms with Crippen molar-refractivity contribution in [2.24, 2.45) is 5.73 Å². The molecule has 5 nitrogen and oxygen atoms in total. The number of aromatic nitrogens is 1. The van der Waals surface area contributed by atoms with E-state index in [2.05, 4.69) is 10.3 Å². The summed E-state index contributed by atoms with van der Waals surface area (Å²) in [5, 5.41) is 12.0. The highest BCUT2D eigenvalue weighted by atomic mass is 16.3. The van der Waals surface area contributed by atoms with Crippen molar-refractivity contribution in [1.82, 2.24) is 10.3 Å². The van der Waals surface area contributed by atoms with Crippen molar-refractivity contribution in [2.45, 2.75) is 25.9 Å². The average molecular weight is 285 g/mol. The van der Waals surface area contributed by atoms with Crippen molar-refractivity contribution in [3.63, 3.8) is 0 Å². The molecule has 2 aromatic rings. The fourth-order valence-corrected chi connectivity index (χ4v) is 1.98. The number of aryl methyl sites for hydroxylation is 1. The Morgan fingerprint density at radius 2 is 2.05 bits per heavy atom. The van der Waals surface area contributed by atoms with Crippen molar-refractivity contribution in [3.8, 4) is 5.75 Å². The van der Waals surface area contributed by atoms with Crippen LogP contribution in [0.4, 0.5) is 0 Å². The number of hydrogen-bond acceptors (Lipinski definition) is 4. The number of amides is 1. The van der Waals surface area contributed by atoms with Gasteiger partial charge in [-0.05, 0) is 42.7 Å². The van der Waals surface area contributed by atoms with E-state index in [-0.39, 0.29) is 11.7 Å². The van der Waals surface area contributed by atoms with Crippen LogP contribution >= 0.6 is 0 Å². The Labute approximate surface area is 123 Å². The van der Waals surface area contributed by atoms with E-state index < -0.39 is 6.04 Å². The molecule has 110 valence electrons. The van der Waals surface area contributed by atoms with Gasteiger partial charge in [0.2, 0.25) is 5.91 Å². The first kappa shape index (κ1) is 15.0. The largest absolute Gasteiger partial charge is 0.508 e. The quantitative estimate of drug-likeness (QED) is 0.772. The number of phenols is 1. The van der Waals surface area contributed by atoms with E-state index in [0.29, 0.717) is 13.0 Å². The van der Waals surface area contributed by atoms with Crippen LogP contribution in [0.25, 0.3) is 0 Å².